The molecule has 0 aromatic heterocycles. The van der Waals surface area contributed by atoms with E-state index in [1.807, 2.05) is 0 Å². The molecule has 1 amide bonds. The Balaban J connectivity index is 1.97. The first-order chi connectivity index (χ1) is 15.6. The molecule has 1 aliphatic heterocycles. The smallest absolute Gasteiger partial charge is 0.221 e. The zero-order valence-corrected chi connectivity index (χ0v) is 21.9. The number of amides is 1. The van der Waals surface area contributed by atoms with Crippen LogP contribution in [0.3, 0.4) is 0 Å². The Morgan fingerprint density at radius 1 is 0.969 bits per heavy atom. The van der Waals surface area contributed by atoms with Crippen molar-refractivity contribution < 1.29 is 9.28 Å². The van der Waals surface area contributed by atoms with Gasteiger partial charge in [0.1, 0.15) is 6.54 Å². The van der Waals surface area contributed by atoms with Gasteiger partial charge in [0.05, 0.1) is 12.8 Å². The Labute approximate surface area is 199 Å². The molecule has 0 saturated heterocycles. The van der Waals surface area contributed by atoms with Crippen LogP contribution in [0, 0.1) is 0 Å². The Morgan fingerprint density at radius 2 is 1.47 bits per heavy atom. The van der Waals surface area contributed by atoms with Gasteiger partial charge in [-0.1, -0.05) is 89.2 Å². The zero-order chi connectivity index (χ0) is 23.5. The predicted octanol–water partition coefficient (Wildman–Crippen LogP) is 7.53. The number of hydrogen-bond donors (Lipinski definition) is 1. The molecular formula is C28H54N3O+. The highest BCUT2D eigenvalue weighted by Crippen LogP contribution is 2.27. The molecule has 0 fully saturated rings. The van der Waals surface area contributed by atoms with Crippen LogP contribution in [0.25, 0.3) is 0 Å². The summed E-state index contributed by atoms with van der Waals surface area (Å²) in [6, 6.07) is 0. The van der Waals surface area contributed by atoms with E-state index < -0.39 is 0 Å². The van der Waals surface area contributed by atoms with Gasteiger partial charge in [0.2, 0.25) is 5.91 Å². The van der Waals surface area contributed by atoms with Crippen molar-refractivity contribution in [2.75, 3.05) is 13.1 Å². The molecule has 1 N–H and O–H groups in total. The topological polar surface area (TPSA) is 41.5 Å². The number of allylic oxidation sites excluding steroid dienone is 2. The van der Waals surface area contributed by atoms with Crippen LogP contribution in [0.4, 0.5) is 0 Å². The van der Waals surface area contributed by atoms with Gasteiger partial charge in [0.15, 0.2) is 12.3 Å². The fraction of sp³-hybridized carbons (Fsp3) is 0.857. The van der Waals surface area contributed by atoms with E-state index in [-0.39, 0.29) is 12.1 Å². The number of quaternary nitrogens is 1. The van der Waals surface area contributed by atoms with Gasteiger partial charge < -0.3 is 5.32 Å². The molecule has 0 radical (unpaired) electrons. The molecule has 3 unspecified atom stereocenters. The fourth-order valence-electron chi connectivity index (χ4n) is 5.24. The average Bonchev–Trinajstić information content (AvgIpc) is 3.19. The molecule has 0 saturated carbocycles. The lowest BCUT2D eigenvalue weighted by molar-refractivity contribution is -0.959. The van der Waals surface area contributed by atoms with Crippen LogP contribution in [0.15, 0.2) is 17.1 Å². The van der Waals surface area contributed by atoms with E-state index in [2.05, 4.69) is 44.5 Å². The number of carbonyl (C=O) groups is 1. The second-order valence-corrected chi connectivity index (χ2v) is 9.89. The van der Waals surface area contributed by atoms with Gasteiger partial charge in [0.25, 0.3) is 0 Å². The number of nitrogens with one attached hydrogen (secondary N) is 1. The summed E-state index contributed by atoms with van der Waals surface area (Å²) in [7, 11) is 0. The summed E-state index contributed by atoms with van der Waals surface area (Å²) in [4.78, 5) is 16.3. The number of nitrogens with zero attached hydrogens (tertiary/aromatic N) is 2. The number of carbonyl (C=O) groups excluding carboxylic acids is 1. The van der Waals surface area contributed by atoms with E-state index >= 15 is 0 Å². The van der Waals surface area contributed by atoms with Gasteiger partial charge in [-0.2, -0.15) is 0 Å². The second kappa shape index (κ2) is 18.3. The summed E-state index contributed by atoms with van der Waals surface area (Å²) in [5.74, 6) is 0.0600. The Morgan fingerprint density at radius 3 is 1.94 bits per heavy atom. The standard InChI is InChI=1S/C28H53N3O/c1-5-7-8-9-10-11-12-13-14-15-16-17-18-19-20-21-22-23-28-29-24-25-31(28,6-2)26(3)30-27(4)32/h5,7,24,26,28H,6,8-23,25H2,1-4H3/p+1/b7-5+. The highest BCUT2D eigenvalue weighted by molar-refractivity contribution is 5.73. The van der Waals surface area contributed by atoms with Crippen LogP contribution in [0.2, 0.25) is 0 Å². The summed E-state index contributed by atoms with van der Waals surface area (Å²) >= 11 is 0. The van der Waals surface area contributed by atoms with Gasteiger partial charge in [-0.15, -0.1) is 0 Å². The van der Waals surface area contributed by atoms with E-state index in [4.69, 9.17) is 4.99 Å². The first-order valence-corrected chi connectivity index (χ1v) is 13.8. The third-order valence-corrected chi connectivity index (χ3v) is 7.38. The third-order valence-electron chi connectivity index (χ3n) is 7.38. The van der Waals surface area contributed by atoms with Gasteiger partial charge in [-0.25, -0.2) is 4.99 Å². The predicted molar refractivity (Wildman–Crippen MR) is 140 cm³/mol. The normalized spacial score (nSPS) is 21.4. The van der Waals surface area contributed by atoms with Crippen molar-refractivity contribution >= 4 is 12.1 Å². The summed E-state index contributed by atoms with van der Waals surface area (Å²) < 4.78 is 0.885. The maximum absolute atomic E-state index is 11.5. The van der Waals surface area contributed by atoms with Crippen molar-refractivity contribution in [3.63, 3.8) is 0 Å². The van der Waals surface area contributed by atoms with Gasteiger partial charge in [-0.3, -0.25) is 9.28 Å². The van der Waals surface area contributed by atoms with E-state index in [9.17, 15) is 4.79 Å². The molecule has 4 heteroatoms. The first-order valence-electron chi connectivity index (χ1n) is 13.8. The summed E-state index contributed by atoms with van der Waals surface area (Å²) in [6.07, 6.45) is 28.9. The minimum atomic E-state index is 0.0600. The van der Waals surface area contributed by atoms with Crippen LogP contribution in [0.1, 0.15) is 130 Å². The quantitative estimate of drug-likeness (QED) is 0.117. The average molecular weight is 449 g/mol. The highest BCUT2D eigenvalue weighted by atomic mass is 16.1. The molecule has 32 heavy (non-hydrogen) atoms. The van der Waals surface area contributed by atoms with Gasteiger partial charge >= 0.3 is 0 Å². The van der Waals surface area contributed by atoms with E-state index in [1.54, 1.807) is 6.92 Å². The minimum Gasteiger partial charge on any atom is -0.307 e. The van der Waals surface area contributed by atoms with Gasteiger partial charge in [-0.05, 0) is 33.1 Å². The number of aliphatic imine (C=N–C) groups is 1. The van der Waals surface area contributed by atoms with E-state index in [1.165, 1.54) is 96.3 Å². The summed E-state index contributed by atoms with van der Waals surface area (Å²) in [5, 5.41) is 3.12. The molecule has 0 spiro atoms. The summed E-state index contributed by atoms with van der Waals surface area (Å²) in [5.41, 5.74) is 0. The van der Waals surface area contributed by atoms with E-state index in [0.29, 0.717) is 6.17 Å². The molecule has 0 aliphatic carbocycles. The monoisotopic (exact) mass is 448 g/mol. The van der Waals surface area contributed by atoms with Crippen molar-refractivity contribution in [1.29, 1.82) is 0 Å². The van der Waals surface area contributed by atoms with Crippen molar-refractivity contribution in [2.45, 2.75) is 143 Å². The van der Waals surface area contributed by atoms with Crippen molar-refractivity contribution in [3.05, 3.63) is 12.2 Å². The van der Waals surface area contributed by atoms with Crippen molar-refractivity contribution in [1.82, 2.24) is 5.32 Å². The second-order valence-electron chi connectivity index (χ2n) is 9.89. The van der Waals surface area contributed by atoms with Gasteiger partial charge in [0, 0.05) is 20.3 Å². The van der Waals surface area contributed by atoms with E-state index in [0.717, 1.165) is 24.0 Å². The van der Waals surface area contributed by atoms with Crippen LogP contribution < -0.4 is 5.32 Å². The van der Waals surface area contributed by atoms with Crippen molar-refractivity contribution in [3.8, 4) is 0 Å². The lowest BCUT2D eigenvalue weighted by atomic mass is 10.0. The summed E-state index contributed by atoms with van der Waals surface area (Å²) in [6.45, 7) is 10.1. The molecular weight excluding hydrogens is 394 g/mol. The largest absolute Gasteiger partial charge is 0.307 e. The Hall–Kier alpha value is -1.16. The number of unbranched alkanes of at least 4 members (excludes halogenated alkanes) is 14. The molecule has 0 bridgehead atoms. The molecule has 0 aromatic rings. The molecule has 3 atom stereocenters. The molecule has 0 aromatic carbocycles. The minimum absolute atomic E-state index is 0.0600. The third kappa shape index (κ3) is 11.6. The molecule has 1 aliphatic rings. The molecule has 1 heterocycles. The Kier molecular flexibility index (Phi) is 16.5. The molecule has 186 valence electrons. The Bertz CT molecular complexity index is 531. The highest BCUT2D eigenvalue weighted by Gasteiger charge is 2.42. The van der Waals surface area contributed by atoms with Crippen LogP contribution in [-0.2, 0) is 4.79 Å². The maximum atomic E-state index is 11.5. The fourth-order valence-corrected chi connectivity index (χ4v) is 5.24. The van der Waals surface area contributed by atoms with Crippen molar-refractivity contribution in [2.24, 2.45) is 4.99 Å². The lowest BCUT2D eigenvalue weighted by Gasteiger charge is -2.42. The number of hydrogen-bond acceptors (Lipinski definition) is 2. The lowest BCUT2D eigenvalue weighted by Crippen LogP contribution is -2.63. The first kappa shape index (κ1) is 28.9. The van der Waals surface area contributed by atoms with Crippen LogP contribution >= 0.6 is 0 Å². The molecule has 1 rings (SSSR count). The SMILES string of the molecule is C/C=C/CCCCCCCCCCCCCCCCC1N=CC[N+]1(CC)C(C)NC(C)=O. The van der Waals surface area contributed by atoms with Crippen LogP contribution in [-0.4, -0.2) is 42.0 Å². The zero-order valence-electron chi connectivity index (χ0n) is 21.9. The maximum Gasteiger partial charge on any atom is 0.221 e. The molecule has 4 nitrogen and oxygen atoms in total. The van der Waals surface area contributed by atoms with Crippen LogP contribution in [0.5, 0.6) is 0 Å². The number of rotatable bonds is 20.